The SMILES string of the molecule is COC(=O)c1cc(=O)[nH]cc1Cl. The Bertz CT molecular complexity index is 358. The van der Waals surface area contributed by atoms with Crippen LogP contribution in [0.25, 0.3) is 0 Å². The van der Waals surface area contributed by atoms with Crippen molar-refractivity contribution in [3.05, 3.63) is 33.2 Å². The molecular formula is C7H6ClNO3. The maximum atomic E-state index is 10.9. The molecule has 0 saturated heterocycles. The van der Waals surface area contributed by atoms with Crippen LogP contribution in [0.15, 0.2) is 17.1 Å². The smallest absolute Gasteiger partial charge is 0.339 e. The van der Waals surface area contributed by atoms with Gasteiger partial charge in [-0.2, -0.15) is 0 Å². The maximum absolute atomic E-state index is 10.9. The van der Waals surface area contributed by atoms with Crippen LogP contribution in [0.5, 0.6) is 0 Å². The number of pyridine rings is 1. The zero-order valence-electron chi connectivity index (χ0n) is 6.26. The Morgan fingerprint density at radius 3 is 2.92 bits per heavy atom. The van der Waals surface area contributed by atoms with E-state index in [1.165, 1.54) is 13.3 Å². The van der Waals surface area contributed by atoms with Crippen LogP contribution in [0.4, 0.5) is 0 Å². The fourth-order valence-electron chi connectivity index (χ4n) is 0.720. The van der Waals surface area contributed by atoms with Crippen molar-refractivity contribution >= 4 is 17.6 Å². The first-order valence-corrected chi connectivity index (χ1v) is 3.49. The first kappa shape index (κ1) is 8.80. The van der Waals surface area contributed by atoms with Crippen LogP contribution >= 0.6 is 11.6 Å². The number of carbonyl (C=O) groups is 1. The van der Waals surface area contributed by atoms with Gasteiger partial charge >= 0.3 is 5.97 Å². The van der Waals surface area contributed by atoms with Crippen molar-refractivity contribution in [2.24, 2.45) is 0 Å². The van der Waals surface area contributed by atoms with Gasteiger partial charge in [-0.3, -0.25) is 4.79 Å². The predicted octanol–water partition coefficient (Wildman–Crippen LogP) is 0.815. The van der Waals surface area contributed by atoms with E-state index < -0.39 is 5.97 Å². The fourth-order valence-corrected chi connectivity index (χ4v) is 0.907. The summed E-state index contributed by atoms with van der Waals surface area (Å²) < 4.78 is 4.40. The molecule has 0 spiro atoms. The minimum Gasteiger partial charge on any atom is -0.465 e. The molecule has 0 atom stereocenters. The third-order valence-corrected chi connectivity index (χ3v) is 1.59. The summed E-state index contributed by atoms with van der Waals surface area (Å²) in [6.07, 6.45) is 1.25. The van der Waals surface area contributed by atoms with Gasteiger partial charge in [0.15, 0.2) is 0 Å². The number of aromatic amines is 1. The Hall–Kier alpha value is -1.29. The molecule has 1 N–H and O–H groups in total. The highest BCUT2D eigenvalue weighted by Gasteiger charge is 2.10. The number of hydrogen-bond acceptors (Lipinski definition) is 3. The van der Waals surface area contributed by atoms with E-state index in [2.05, 4.69) is 9.72 Å². The van der Waals surface area contributed by atoms with Gasteiger partial charge in [0.25, 0.3) is 0 Å². The van der Waals surface area contributed by atoms with E-state index in [0.29, 0.717) is 0 Å². The molecule has 1 aromatic rings. The molecule has 0 unspecified atom stereocenters. The molecule has 0 saturated carbocycles. The third kappa shape index (κ3) is 1.65. The Kier molecular flexibility index (Phi) is 2.50. The van der Waals surface area contributed by atoms with Crippen LogP contribution in [0, 0.1) is 0 Å². The van der Waals surface area contributed by atoms with Crippen molar-refractivity contribution in [3.63, 3.8) is 0 Å². The van der Waals surface area contributed by atoms with Crippen molar-refractivity contribution in [2.75, 3.05) is 7.11 Å². The monoisotopic (exact) mass is 187 g/mol. The number of hydrogen-bond donors (Lipinski definition) is 1. The van der Waals surface area contributed by atoms with Crippen LogP contribution in [0.3, 0.4) is 0 Å². The van der Waals surface area contributed by atoms with E-state index in [1.54, 1.807) is 0 Å². The lowest BCUT2D eigenvalue weighted by Gasteiger charge is -1.99. The van der Waals surface area contributed by atoms with Crippen molar-refractivity contribution in [2.45, 2.75) is 0 Å². The minimum absolute atomic E-state index is 0.0721. The number of methoxy groups -OCH3 is 1. The molecule has 0 aliphatic heterocycles. The second-order valence-corrected chi connectivity index (χ2v) is 2.46. The lowest BCUT2D eigenvalue weighted by molar-refractivity contribution is 0.0600. The molecule has 0 radical (unpaired) electrons. The molecule has 1 aromatic heterocycles. The van der Waals surface area contributed by atoms with Gasteiger partial charge in [0.05, 0.1) is 17.7 Å². The quantitative estimate of drug-likeness (QED) is 0.662. The van der Waals surface area contributed by atoms with Crippen molar-refractivity contribution < 1.29 is 9.53 Å². The Labute approximate surface area is 73.1 Å². The average Bonchev–Trinajstić information content (AvgIpc) is 2.08. The molecule has 0 aromatic carbocycles. The van der Waals surface area contributed by atoms with Crippen LogP contribution < -0.4 is 5.56 Å². The standard InChI is InChI=1S/C7H6ClNO3/c1-12-7(11)4-2-6(10)9-3-5(4)8/h2-3H,1H3,(H,9,10). The normalized spacial score (nSPS) is 9.50. The molecule has 1 heterocycles. The van der Waals surface area contributed by atoms with Gasteiger partial charge in [0.1, 0.15) is 0 Å². The molecule has 0 aliphatic carbocycles. The van der Waals surface area contributed by atoms with Crippen LogP contribution in [-0.4, -0.2) is 18.1 Å². The number of nitrogens with one attached hydrogen (secondary N) is 1. The van der Waals surface area contributed by atoms with E-state index in [9.17, 15) is 9.59 Å². The lowest BCUT2D eigenvalue weighted by Crippen LogP contribution is -2.10. The molecule has 1 rings (SSSR count). The second kappa shape index (κ2) is 3.40. The second-order valence-electron chi connectivity index (χ2n) is 2.05. The third-order valence-electron chi connectivity index (χ3n) is 1.28. The zero-order valence-corrected chi connectivity index (χ0v) is 7.01. The van der Waals surface area contributed by atoms with Gasteiger partial charge in [-0.25, -0.2) is 4.79 Å². The molecule has 0 fully saturated rings. The van der Waals surface area contributed by atoms with E-state index in [0.717, 1.165) is 6.07 Å². The van der Waals surface area contributed by atoms with Gasteiger partial charge in [0, 0.05) is 12.3 Å². The van der Waals surface area contributed by atoms with Crippen LogP contribution in [-0.2, 0) is 4.74 Å². The number of H-pyrrole nitrogens is 1. The number of rotatable bonds is 1. The molecule has 4 nitrogen and oxygen atoms in total. The van der Waals surface area contributed by atoms with Gasteiger partial charge in [0.2, 0.25) is 5.56 Å². The number of aromatic nitrogens is 1. The van der Waals surface area contributed by atoms with E-state index in [-0.39, 0.29) is 16.1 Å². The number of esters is 1. The summed E-state index contributed by atoms with van der Waals surface area (Å²) in [7, 11) is 1.22. The molecule has 0 bridgehead atoms. The zero-order chi connectivity index (χ0) is 9.14. The summed E-state index contributed by atoms with van der Waals surface area (Å²) >= 11 is 5.60. The Morgan fingerprint density at radius 2 is 2.33 bits per heavy atom. The first-order valence-electron chi connectivity index (χ1n) is 3.11. The Balaban J connectivity index is 3.22. The fraction of sp³-hybridized carbons (Fsp3) is 0.143. The van der Waals surface area contributed by atoms with E-state index in [4.69, 9.17) is 11.6 Å². The topological polar surface area (TPSA) is 59.2 Å². The molecule has 0 amide bonds. The number of carbonyl (C=O) groups excluding carboxylic acids is 1. The van der Waals surface area contributed by atoms with Crippen LogP contribution in [0.1, 0.15) is 10.4 Å². The van der Waals surface area contributed by atoms with Gasteiger partial charge in [-0.1, -0.05) is 11.6 Å². The molecule has 0 aliphatic rings. The van der Waals surface area contributed by atoms with Crippen molar-refractivity contribution in [1.29, 1.82) is 0 Å². The summed E-state index contributed by atoms with van der Waals surface area (Å²) in [5, 5.41) is 0.168. The van der Waals surface area contributed by atoms with Gasteiger partial charge in [-0.05, 0) is 0 Å². The number of ether oxygens (including phenoxy) is 1. The van der Waals surface area contributed by atoms with Crippen LogP contribution in [0.2, 0.25) is 5.02 Å². The summed E-state index contributed by atoms with van der Waals surface area (Å²) in [4.78, 5) is 24.0. The van der Waals surface area contributed by atoms with Crippen molar-refractivity contribution in [3.8, 4) is 0 Å². The van der Waals surface area contributed by atoms with Gasteiger partial charge < -0.3 is 9.72 Å². The molecule has 12 heavy (non-hydrogen) atoms. The van der Waals surface area contributed by atoms with Gasteiger partial charge in [-0.15, -0.1) is 0 Å². The van der Waals surface area contributed by atoms with E-state index >= 15 is 0 Å². The highest BCUT2D eigenvalue weighted by molar-refractivity contribution is 6.33. The van der Waals surface area contributed by atoms with Crippen molar-refractivity contribution in [1.82, 2.24) is 4.98 Å². The predicted molar refractivity (Wildman–Crippen MR) is 43.4 cm³/mol. The van der Waals surface area contributed by atoms with E-state index in [1.807, 2.05) is 0 Å². The first-order chi connectivity index (χ1) is 5.65. The largest absolute Gasteiger partial charge is 0.465 e. The average molecular weight is 188 g/mol. The summed E-state index contributed by atoms with van der Waals surface area (Å²) in [6, 6.07) is 1.09. The lowest BCUT2D eigenvalue weighted by atomic mass is 10.3. The summed E-state index contributed by atoms with van der Waals surface area (Å²) in [5.74, 6) is -0.619. The summed E-state index contributed by atoms with van der Waals surface area (Å²) in [5.41, 5.74) is -0.317. The molecule has 5 heteroatoms. The highest BCUT2D eigenvalue weighted by Crippen LogP contribution is 2.11. The minimum atomic E-state index is -0.619. The maximum Gasteiger partial charge on any atom is 0.339 e. The Morgan fingerprint density at radius 1 is 1.67 bits per heavy atom. The number of halogens is 1. The highest BCUT2D eigenvalue weighted by atomic mass is 35.5. The summed E-state index contributed by atoms with van der Waals surface area (Å²) in [6.45, 7) is 0. The molecular weight excluding hydrogens is 182 g/mol. The molecule has 64 valence electrons.